The van der Waals surface area contributed by atoms with Crippen molar-refractivity contribution in [2.75, 3.05) is 18.8 Å². The molecule has 0 aliphatic carbocycles. The van der Waals surface area contributed by atoms with Gasteiger partial charge in [-0.1, -0.05) is 6.92 Å². The SMILES string of the molecule is CC1CCN(S(=O)(=O)c2c(Br)cc(N)cc2Br)C1. The van der Waals surface area contributed by atoms with Crippen molar-refractivity contribution in [1.29, 1.82) is 0 Å². The highest BCUT2D eigenvalue weighted by atomic mass is 79.9. The first-order valence-electron chi connectivity index (χ1n) is 5.57. The maximum atomic E-state index is 12.6. The van der Waals surface area contributed by atoms with E-state index in [1.807, 2.05) is 0 Å². The first kappa shape index (κ1) is 14.3. The Morgan fingerprint density at radius 3 is 2.33 bits per heavy atom. The fourth-order valence-corrected chi connectivity index (χ4v) is 6.18. The number of rotatable bonds is 2. The second-order valence-corrected chi connectivity index (χ2v) is 8.15. The predicted molar refractivity (Wildman–Crippen MR) is 78.8 cm³/mol. The highest BCUT2D eigenvalue weighted by Crippen LogP contribution is 2.35. The van der Waals surface area contributed by atoms with E-state index in [0.717, 1.165) is 6.42 Å². The van der Waals surface area contributed by atoms with E-state index in [1.165, 1.54) is 4.31 Å². The monoisotopic (exact) mass is 396 g/mol. The van der Waals surface area contributed by atoms with Gasteiger partial charge in [0, 0.05) is 27.7 Å². The van der Waals surface area contributed by atoms with Crippen molar-refractivity contribution in [3.63, 3.8) is 0 Å². The van der Waals surface area contributed by atoms with Gasteiger partial charge in [0.05, 0.1) is 0 Å². The zero-order chi connectivity index (χ0) is 13.5. The summed E-state index contributed by atoms with van der Waals surface area (Å²) in [7, 11) is -3.47. The third-order valence-corrected chi connectivity index (χ3v) is 6.75. The van der Waals surface area contributed by atoms with Gasteiger partial charge in [0.1, 0.15) is 4.90 Å². The van der Waals surface area contributed by atoms with Gasteiger partial charge < -0.3 is 5.73 Å². The zero-order valence-electron chi connectivity index (χ0n) is 9.86. The molecule has 1 aliphatic heterocycles. The third kappa shape index (κ3) is 2.59. The normalized spacial score (nSPS) is 21.4. The van der Waals surface area contributed by atoms with Crippen LogP contribution in [-0.4, -0.2) is 25.8 Å². The Hall–Kier alpha value is -0.110. The molecule has 0 bridgehead atoms. The van der Waals surface area contributed by atoms with Gasteiger partial charge in [0.25, 0.3) is 0 Å². The Morgan fingerprint density at radius 2 is 1.89 bits per heavy atom. The van der Waals surface area contributed by atoms with Crippen molar-refractivity contribution in [3.8, 4) is 0 Å². The van der Waals surface area contributed by atoms with E-state index < -0.39 is 10.0 Å². The molecule has 1 atom stereocenters. The van der Waals surface area contributed by atoms with Crippen LogP contribution in [0.15, 0.2) is 26.0 Å². The van der Waals surface area contributed by atoms with Gasteiger partial charge in [-0.05, 0) is 56.3 Å². The van der Waals surface area contributed by atoms with Gasteiger partial charge in [0.15, 0.2) is 0 Å². The Bertz CT molecular complexity index is 551. The minimum Gasteiger partial charge on any atom is -0.399 e. The molecule has 18 heavy (non-hydrogen) atoms. The standard InChI is InChI=1S/C11H14Br2N2O2S/c1-7-2-3-15(6-7)18(16,17)11-9(12)4-8(14)5-10(11)13/h4-5,7H,2-3,6,14H2,1H3. The van der Waals surface area contributed by atoms with Crippen LogP contribution in [0.4, 0.5) is 5.69 Å². The topological polar surface area (TPSA) is 63.4 Å². The number of anilines is 1. The summed E-state index contributed by atoms with van der Waals surface area (Å²) in [4.78, 5) is 0.255. The van der Waals surface area contributed by atoms with Crippen molar-refractivity contribution in [1.82, 2.24) is 4.31 Å². The summed E-state index contributed by atoms with van der Waals surface area (Å²) in [5.41, 5.74) is 6.19. The molecule has 1 heterocycles. The number of benzene rings is 1. The highest BCUT2D eigenvalue weighted by molar-refractivity contribution is 9.11. The molecule has 2 N–H and O–H groups in total. The van der Waals surface area contributed by atoms with Crippen LogP contribution in [-0.2, 0) is 10.0 Å². The van der Waals surface area contributed by atoms with Gasteiger partial charge in [-0.15, -0.1) is 0 Å². The second kappa shape index (κ2) is 5.11. The molecule has 2 rings (SSSR count). The summed E-state index contributed by atoms with van der Waals surface area (Å²) in [5, 5.41) is 0. The van der Waals surface area contributed by atoms with Crippen LogP contribution < -0.4 is 5.73 Å². The van der Waals surface area contributed by atoms with Gasteiger partial charge >= 0.3 is 0 Å². The number of sulfonamides is 1. The first-order valence-corrected chi connectivity index (χ1v) is 8.59. The summed E-state index contributed by atoms with van der Waals surface area (Å²) in [6, 6.07) is 3.22. The van der Waals surface area contributed by atoms with E-state index in [0.29, 0.717) is 33.6 Å². The van der Waals surface area contributed by atoms with Crippen molar-refractivity contribution in [2.45, 2.75) is 18.2 Å². The van der Waals surface area contributed by atoms with E-state index in [2.05, 4.69) is 38.8 Å². The molecular weight excluding hydrogens is 384 g/mol. The third-order valence-electron chi connectivity index (χ3n) is 3.01. The van der Waals surface area contributed by atoms with Crippen molar-refractivity contribution >= 4 is 47.6 Å². The van der Waals surface area contributed by atoms with Crippen LogP contribution in [0.5, 0.6) is 0 Å². The number of halogens is 2. The predicted octanol–water partition coefficient (Wildman–Crippen LogP) is 2.82. The largest absolute Gasteiger partial charge is 0.399 e. The van der Waals surface area contributed by atoms with Gasteiger partial charge in [-0.2, -0.15) is 4.31 Å². The fourth-order valence-electron chi connectivity index (χ4n) is 2.07. The van der Waals surface area contributed by atoms with E-state index >= 15 is 0 Å². The summed E-state index contributed by atoms with van der Waals surface area (Å²) >= 11 is 6.56. The van der Waals surface area contributed by atoms with Crippen molar-refractivity contribution in [3.05, 3.63) is 21.1 Å². The molecule has 0 radical (unpaired) electrons. The molecule has 1 fully saturated rings. The molecule has 7 heteroatoms. The second-order valence-electron chi connectivity index (χ2n) is 4.57. The number of hydrogen-bond donors (Lipinski definition) is 1. The molecule has 4 nitrogen and oxygen atoms in total. The molecular formula is C11H14Br2N2O2S. The minimum absolute atomic E-state index is 0.255. The number of nitrogens with two attached hydrogens (primary N) is 1. The van der Waals surface area contributed by atoms with E-state index in [1.54, 1.807) is 12.1 Å². The van der Waals surface area contributed by atoms with Gasteiger partial charge in [-0.3, -0.25) is 0 Å². The van der Waals surface area contributed by atoms with Crippen LogP contribution in [0.2, 0.25) is 0 Å². The molecule has 0 spiro atoms. The van der Waals surface area contributed by atoms with Gasteiger partial charge in [0.2, 0.25) is 10.0 Å². The fraction of sp³-hybridized carbons (Fsp3) is 0.455. The average Bonchev–Trinajstić information content (AvgIpc) is 2.63. The summed E-state index contributed by atoms with van der Waals surface area (Å²) < 4.78 is 27.6. The van der Waals surface area contributed by atoms with Crippen LogP contribution in [0.25, 0.3) is 0 Å². The molecule has 100 valence electrons. The van der Waals surface area contributed by atoms with Gasteiger partial charge in [-0.25, -0.2) is 8.42 Å². The van der Waals surface area contributed by atoms with E-state index in [-0.39, 0.29) is 4.90 Å². The molecule has 1 saturated heterocycles. The number of nitrogen functional groups attached to an aromatic ring is 1. The summed E-state index contributed by atoms with van der Waals surface area (Å²) in [6.45, 7) is 3.21. The maximum absolute atomic E-state index is 12.6. The molecule has 1 aliphatic rings. The maximum Gasteiger partial charge on any atom is 0.245 e. The average molecular weight is 398 g/mol. The van der Waals surface area contributed by atoms with Crippen LogP contribution in [0.3, 0.4) is 0 Å². The molecule has 1 unspecified atom stereocenters. The van der Waals surface area contributed by atoms with Crippen molar-refractivity contribution in [2.24, 2.45) is 5.92 Å². The molecule has 0 saturated carbocycles. The Balaban J connectivity index is 2.48. The van der Waals surface area contributed by atoms with Crippen LogP contribution >= 0.6 is 31.9 Å². The molecule has 1 aromatic carbocycles. The van der Waals surface area contributed by atoms with Crippen LogP contribution in [0.1, 0.15) is 13.3 Å². The van der Waals surface area contributed by atoms with Crippen LogP contribution in [0, 0.1) is 5.92 Å². The lowest BCUT2D eigenvalue weighted by molar-refractivity contribution is 0.463. The Labute approximate surface area is 124 Å². The van der Waals surface area contributed by atoms with Crippen molar-refractivity contribution < 1.29 is 8.42 Å². The Morgan fingerprint density at radius 1 is 1.33 bits per heavy atom. The lowest BCUT2D eigenvalue weighted by Gasteiger charge is -2.18. The van der Waals surface area contributed by atoms with E-state index in [4.69, 9.17) is 5.73 Å². The lowest BCUT2D eigenvalue weighted by Crippen LogP contribution is -2.29. The molecule has 0 amide bonds. The minimum atomic E-state index is -3.47. The summed E-state index contributed by atoms with van der Waals surface area (Å²) in [5.74, 6) is 0.408. The zero-order valence-corrected chi connectivity index (χ0v) is 13.8. The smallest absolute Gasteiger partial charge is 0.245 e. The molecule has 0 aromatic heterocycles. The molecule has 1 aromatic rings. The quantitative estimate of drug-likeness (QED) is 0.780. The van der Waals surface area contributed by atoms with E-state index in [9.17, 15) is 8.42 Å². The Kier molecular flexibility index (Phi) is 4.06. The highest BCUT2D eigenvalue weighted by Gasteiger charge is 2.33. The lowest BCUT2D eigenvalue weighted by atomic mass is 10.2. The first-order chi connectivity index (χ1) is 8.32. The number of hydrogen-bond acceptors (Lipinski definition) is 3. The summed E-state index contributed by atoms with van der Waals surface area (Å²) in [6.07, 6.45) is 0.906. The number of nitrogens with zero attached hydrogens (tertiary/aromatic N) is 1.